The summed E-state index contributed by atoms with van der Waals surface area (Å²) in [6.45, 7) is 6.41. The van der Waals surface area contributed by atoms with E-state index in [0.717, 1.165) is 135 Å². The molecule has 444 valence electrons. The van der Waals surface area contributed by atoms with Gasteiger partial charge in [-0.1, -0.05) is 290 Å². The molecule has 0 aliphatic rings. The van der Waals surface area contributed by atoms with Crippen molar-refractivity contribution in [2.75, 3.05) is 13.2 Å². The highest BCUT2D eigenvalue weighted by Crippen LogP contribution is 2.16. The van der Waals surface area contributed by atoms with Gasteiger partial charge in [0.15, 0.2) is 6.10 Å². The predicted octanol–water partition coefficient (Wildman–Crippen LogP) is 22.4. The number of carbonyl (C=O) groups is 3. The van der Waals surface area contributed by atoms with Crippen molar-refractivity contribution in [1.82, 2.24) is 0 Å². The van der Waals surface area contributed by atoms with Gasteiger partial charge in [-0.05, 0) is 109 Å². The highest BCUT2D eigenvalue weighted by atomic mass is 16.6. The van der Waals surface area contributed by atoms with Gasteiger partial charge >= 0.3 is 17.9 Å². The van der Waals surface area contributed by atoms with Crippen molar-refractivity contribution in [3.05, 3.63) is 122 Å². The molecular weight excluding hydrogens is 961 g/mol. The maximum absolute atomic E-state index is 12.9. The second kappa shape index (κ2) is 65.3. The first-order chi connectivity index (χ1) is 38.5. The van der Waals surface area contributed by atoms with E-state index in [0.29, 0.717) is 19.3 Å². The topological polar surface area (TPSA) is 78.9 Å². The van der Waals surface area contributed by atoms with Gasteiger partial charge in [-0.15, -0.1) is 0 Å². The molecule has 1 atom stereocenters. The normalized spacial score (nSPS) is 12.9. The van der Waals surface area contributed by atoms with Crippen LogP contribution in [-0.2, 0) is 28.6 Å². The van der Waals surface area contributed by atoms with E-state index in [1.54, 1.807) is 0 Å². The highest BCUT2D eigenvalue weighted by Gasteiger charge is 2.19. The summed E-state index contributed by atoms with van der Waals surface area (Å²) in [5.74, 6) is -0.890. The highest BCUT2D eigenvalue weighted by molar-refractivity contribution is 5.71. The van der Waals surface area contributed by atoms with E-state index in [1.807, 2.05) is 0 Å². The second-order valence-electron chi connectivity index (χ2n) is 21.3. The zero-order valence-corrected chi connectivity index (χ0v) is 50.9. The van der Waals surface area contributed by atoms with E-state index in [-0.39, 0.29) is 31.1 Å². The van der Waals surface area contributed by atoms with Crippen molar-refractivity contribution in [3.8, 4) is 0 Å². The molecule has 0 N–H and O–H groups in total. The van der Waals surface area contributed by atoms with Gasteiger partial charge in [0.05, 0.1) is 0 Å². The Hall–Kier alpha value is -4.19. The number of rotatable bonds is 58. The lowest BCUT2D eigenvalue weighted by molar-refractivity contribution is -0.167. The van der Waals surface area contributed by atoms with Crippen LogP contribution in [0.15, 0.2) is 122 Å². The molecule has 0 spiro atoms. The summed E-state index contributed by atoms with van der Waals surface area (Å²) in [5.41, 5.74) is 0. The molecule has 1 unspecified atom stereocenters. The number of ether oxygens (including phenoxy) is 3. The number of allylic oxidation sites excluding steroid dienone is 20. The molecular formula is C72H120O6. The van der Waals surface area contributed by atoms with Crippen LogP contribution in [-0.4, -0.2) is 37.2 Å². The summed E-state index contributed by atoms with van der Waals surface area (Å²) in [7, 11) is 0. The van der Waals surface area contributed by atoms with Crippen LogP contribution in [0.3, 0.4) is 0 Å². The number of esters is 3. The lowest BCUT2D eigenvalue weighted by Crippen LogP contribution is -2.30. The van der Waals surface area contributed by atoms with Gasteiger partial charge in [-0.3, -0.25) is 14.4 Å². The third-order valence-corrected chi connectivity index (χ3v) is 13.7. The molecule has 0 aromatic rings. The third kappa shape index (κ3) is 62.7. The average Bonchev–Trinajstić information content (AvgIpc) is 3.44. The summed E-state index contributed by atoms with van der Waals surface area (Å²) < 4.78 is 16.9. The zero-order valence-electron chi connectivity index (χ0n) is 50.9. The summed E-state index contributed by atoms with van der Waals surface area (Å²) in [6, 6.07) is 0. The molecule has 0 aliphatic heterocycles. The van der Waals surface area contributed by atoms with Crippen LogP contribution in [0.1, 0.15) is 297 Å². The Bertz CT molecular complexity index is 1620. The first-order valence-corrected chi connectivity index (χ1v) is 32.5. The number of carbonyl (C=O) groups excluding carboxylic acids is 3. The molecule has 0 saturated carbocycles. The van der Waals surface area contributed by atoms with Crippen molar-refractivity contribution < 1.29 is 28.6 Å². The molecule has 0 rings (SSSR count). The maximum Gasteiger partial charge on any atom is 0.306 e. The minimum atomic E-state index is -0.786. The molecule has 0 heterocycles. The Balaban J connectivity index is 4.29. The number of unbranched alkanes of at least 4 members (excludes halogenated alkanes) is 27. The van der Waals surface area contributed by atoms with E-state index in [2.05, 4.69) is 142 Å². The lowest BCUT2D eigenvalue weighted by atomic mass is 10.1. The molecule has 0 aromatic carbocycles. The fourth-order valence-corrected chi connectivity index (χ4v) is 8.91. The number of hydrogen-bond acceptors (Lipinski definition) is 6. The fourth-order valence-electron chi connectivity index (χ4n) is 8.91. The molecule has 6 heteroatoms. The van der Waals surface area contributed by atoms with Crippen molar-refractivity contribution in [3.63, 3.8) is 0 Å². The smallest absolute Gasteiger partial charge is 0.306 e. The van der Waals surface area contributed by atoms with E-state index >= 15 is 0 Å². The van der Waals surface area contributed by atoms with Crippen LogP contribution in [0, 0.1) is 0 Å². The zero-order chi connectivity index (χ0) is 56.4. The van der Waals surface area contributed by atoms with Crippen molar-refractivity contribution in [2.24, 2.45) is 0 Å². The SMILES string of the molecule is CC/C=C\C/C=C\C/C=C\C/C=C\C/C=C\CCCCCCCCCCCC(=O)OCC(COC(=O)CCCCCCCCCCCC)OC(=O)CCCCCCCCCCC/C=C\C/C=C\C/C=C\C/C=C\C/C=C\CC. The van der Waals surface area contributed by atoms with Crippen molar-refractivity contribution >= 4 is 17.9 Å². The molecule has 0 bridgehead atoms. The first kappa shape index (κ1) is 73.8. The monoisotopic (exact) mass is 1080 g/mol. The summed E-state index contributed by atoms with van der Waals surface area (Å²) in [6.07, 6.45) is 90.6. The van der Waals surface area contributed by atoms with Gasteiger partial charge in [-0.25, -0.2) is 0 Å². The summed E-state index contributed by atoms with van der Waals surface area (Å²) >= 11 is 0. The van der Waals surface area contributed by atoms with Crippen molar-refractivity contribution in [2.45, 2.75) is 303 Å². The van der Waals surface area contributed by atoms with Crippen LogP contribution in [0.5, 0.6) is 0 Å². The summed E-state index contributed by atoms with van der Waals surface area (Å²) in [4.78, 5) is 38.3. The fraction of sp³-hybridized carbons (Fsp3) is 0.681. The molecule has 0 radical (unpaired) electrons. The van der Waals surface area contributed by atoms with E-state index < -0.39 is 6.10 Å². The second-order valence-corrected chi connectivity index (χ2v) is 21.3. The Morgan fingerprint density at radius 1 is 0.269 bits per heavy atom. The first-order valence-electron chi connectivity index (χ1n) is 32.5. The Labute approximate surface area is 482 Å². The predicted molar refractivity (Wildman–Crippen MR) is 339 cm³/mol. The van der Waals surface area contributed by atoms with E-state index in [1.165, 1.54) is 122 Å². The van der Waals surface area contributed by atoms with Gasteiger partial charge in [-0.2, -0.15) is 0 Å². The molecule has 6 nitrogen and oxygen atoms in total. The average molecular weight is 1080 g/mol. The van der Waals surface area contributed by atoms with Gasteiger partial charge in [0, 0.05) is 19.3 Å². The van der Waals surface area contributed by atoms with Crippen molar-refractivity contribution in [1.29, 1.82) is 0 Å². The number of hydrogen-bond donors (Lipinski definition) is 0. The largest absolute Gasteiger partial charge is 0.462 e. The van der Waals surface area contributed by atoms with E-state index in [4.69, 9.17) is 14.2 Å². The van der Waals surface area contributed by atoms with Gasteiger partial charge in [0.2, 0.25) is 0 Å². The van der Waals surface area contributed by atoms with Crippen LogP contribution in [0.2, 0.25) is 0 Å². The minimum absolute atomic E-state index is 0.0820. The Kier molecular flexibility index (Phi) is 61.8. The minimum Gasteiger partial charge on any atom is -0.462 e. The standard InChI is InChI=1S/C72H120O6/c1-4-7-10-13-16-19-22-24-26-28-30-32-34-36-38-40-42-44-46-48-50-53-56-59-62-65-71(74)77-68-69(67-76-70(73)64-61-58-55-52-21-18-15-12-9-6-3)78-72(75)66-63-60-57-54-51-49-47-45-43-41-39-37-35-33-31-29-27-25-23-20-17-14-11-8-5-2/h7-8,10-11,16-17,19-20,24-27,30-33,36-39,69H,4-6,9,12-15,18,21-23,28-29,34-35,40-68H2,1-3H3/b10-7-,11-8-,19-16-,20-17-,26-24-,27-25-,32-30-,33-31-,38-36-,39-37-. The van der Waals surface area contributed by atoms with Gasteiger partial charge in [0.1, 0.15) is 13.2 Å². The van der Waals surface area contributed by atoms with E-state index in [9.17, 15) is 14.4 Å². The Morgan fingerprint density at radius 2 is 0.500 bits per heavy atom. The maximum atomic E-state index is 12.9. The molecule has 0 saturated heterocycles. The molecule has 0 aromatic heterocycles. The Morgan fingerprint density at radius 3 is 0.782 bits per heavy atom. The molecule has 0 fully saturated rings. The van der Waals surface area contributed by atoms with Crippen LogP contribution in [0.4, 0.5) is 0 Å². The quantitative estimate of drug-likeness (QED) is 0.0261. The van der Waals surface area contributed by atoms with Crippen LogP contribution in [0.25, 0.3) is 0 Å². The molecule has 78 heavy (non-hydrogen) atoms. The van der Waals surface area contributed by atoms with Crippen LogP contribution < -0.4 is 0 Å². The van der Waals surface area contributed by atoms with Gasteiger partial charge < -0.3 is 14.2 Å². The van der Waals surface area contributed by atoms with Crippen LogP contribution >= 0.6 is 0 Å². The molecule has 0 aliphatic carbocycles. The third-order valence-electron chi connectivity index (χ3n) is 13.7. The summed E-state index contributed by atoms with van der Waals surface area (Å²) in [5, 5.41) is 0. The molecule has 0 amide bonds. The van der Waals surface area contributed by atoms with Gasteiger partial charge in [0.25, 0.3) is 0 Å². The lowest BCUT2D eigenvalue weighted by Gasteiger charge is -2.18.